The molecule has 1 aliphatic rings. The molecule has 0 spiro atoms. The Labute approximate surface area is 186 Å². The summed E-state index contributed by atoms with van der Waals surface area (Å²) in [6.45, 7) is 0.251. The number of nitrogens with zero attached hydrogens (tertiary/aromatic N) is 8. The molecular formula is C21H19N9O3. The monoisotopic (exact) mass is 445 g/mol. The van der Waals surface area contributed by atoms with Crippen molar-refractivity contribution >= 4 is 23.0 Å². The highest BCUT2D eigenvalue weighted by molar-refractivity contribution is 5.93. The van der Waals surface area contributed by atoms with Crippen LogP contribution in [-0.2, 0) is 22.6 Å². The van der Waals surface area contributed by atoms with E-state index in [4.69, 9.17) is 9.26 Å². The van der Waals surface area contributed by atoms with E-state index in [1.807, 2.05) is 34.9 Å². The summed E-state index contributed by atoms with van der Waals surface area (Å²) < 4.78 is 13.8. The van der Waals surface area contributed by atoms with Gasteiger partial charge in [0, 0.05) is 24.8 Å². The largest absolute Gasteiger partial charge is 0.375 e. The molecule has 1 N–H and O–H groups in total. The number of ether oxygens (including phenoxy) is 1. The average molecular weight is 445 g/mol. The van der Waals surface area contributed by atoms with Crippen molar-refractivity contribution in [2.75, 3.05) is 12.4 Å². The predicted octanol–water partition coefficient (Wildman–Crippen LogP) is 1.91. The van der Waals surface area contributed by atoms with Gasteiger partial charge in [-0.15, -0.1) is 10.2 Å². The van der Waals surface area contributed by atoms with Crippen LogP contribution in [0.4, 0.5) is 5.82 Å². The van der Waals surface area contributed by atoms with Gasteiger partial charge < -0.3 is 14.6 Å². The van der Waals surface area contributed by atoms with Crippen LogP contribution in [0.15, 0.2) is 41.2 Å². The summed E-state index contributed by atoms with van der Waals surface area (Å²) in [5, 5.41) is 20.0. The topological polar surface area (TPSA) is 138 Å². The summed E-state index contributed by atoms with van der Waals surface area (Å²) >= 11 is 0. The Kier molecular flexibility index (Phi) is 4.57. The Morgan fingerprint density at radius 2 is 2.03 bits per heavy atom. The summed E-state index contributed by atoms with van der Waals surface area (Å²) in [5.74, 6) is 2.21. The molecular weight excluding hydrogens is 426 g/mol. The first kappa shape index (κ1) is 19.5. The predicted molar refractivity (Wildman–Crippen MR) is 114 cm³/mol. The Bertz CT molecular complexity index is 1480. The minimum atomic E-state index is 0.0142. The smallest absolute Gasteiger partial charge is 0.252 e. The number of anilines is 1. The zero-order valence-corrected chi connectivity index (χ0v) is 17.7. The summed E-state index contributed by atoms with van der Waals surface area (Å²) in [6.07, 6.45) is 5.91. The first-order valence-corrected chi connectivity index (χ1v) is 10.5. The quantitative estimate of drug-likeness (QED) is 0.398. The van der Waals surface area contributed by atoms with Gasteiger partial charge in [0.2, 0.25) is 11.7 Å². The van der Waals surface area contributed by atoms with Gasteiger partial charge in [-0.05, 0) is 37.1 Å². The van der Waals surface area contributed by atoms with Gasteiger partial charge in [0.05, 0.1) is 18.3 Å². The van der Waals surface area contributed by atoms with Crippen LogP contribution in [0.5, 0.6) is 0 Å². The lowest BCUT2D eigenvalue weighted by Gasteiger charge is -2.02. The molecule has 12 heteroatoms. The van der Waals surface area contributed by atoms with Gasteiger partial charge in [0.1, 0.15) is 12.4 Å². The molecule has 0 bridgehead atoms. The standard InChI is InChI=1S/C21H19N9O3/c1-32-11-19-24-20(28-33-19)13-4-6-17-25-26-18(29(17)9-13)8-14-5-7-16-22-15(10-30(16)27-14)23-21(31)12-2-3-12/h4-7,9-10,12H,2-3,8,11H2,1H3,(H,23,31). The van der Waals surface area contributed by atoms with Gasteiger partial charge in [-0.3, -0.25) is 9.20 Å². The molecule has 5 heterocycles. The van der Waals surface area contributed by atoms with Gasteiger partial charge >= 0.3 is 0 Å². The van der Waals surface area contributed by atoms with E-state index in [0.29, 0.717) is 41.1 Å². The van der Waals surface area contributed by atoms with E-state index in [0.717, 1.165) is 24.1 Å². The Morgan fingerprint density at radius 3 is 2.88 bits per heavy atom. The maximum Gasteiger partial charge on any atom is 0.252 e. The van der Waals surface area contributed by atoms with Gasteiger partial charge in [-0.1, -0.05) is 5.16 Å². The number of amides is 1. The number of methoxy groups -OCH3 is 1. The van der Waals surface area contributed by atoms with Crippen LogP contribution < -0.4 is 5.32 Å². The second kappa shape index (κ2) is 7.74. The minimum absolute atomic E-state index is 0.0142. The van der Waals surface area contributed by atoms with Crippen molar-refractivity contribution in [3.63, 3.8) is 0 Å². The second-order valence-electron chi connectivity index (χ2n) is 7.90. The lowest BCUT2D eigenvalue weighted by atomic mass is 10.2. The highest BCUT2D eigenvalue weighted by Crippen LogP contribution is 2.30. The van der Waals surface area contributed by atoms with E-state index in [-0.39, 0.29) is 18.4 Å². The molecule has 33 heavy (non-hydrogen) atoms. The summed E-state index contributed by atoms with van der Waals surface area (Å²) in [7, 11) is 1.57. The van der Waals surface area contributed by atoms with E-state index in [1.165, 1.54) is 0 Å². The van der Waals surface area contributed by atoms with Crippen LogP contribution in [-0.4, -0.2) is 52.4 Å². The second-order valence-corrected chi connectivity index (χ2v) is 7.90. The third-order valence-electron chi connectivity index (χ3n) is 5.38. The molecule has 0 atom stereocenters. The number of imidazole rings is 1. The summed E-state index contributed by atoms with van der Waals surface area (Å²) in [6, 6.07) is 7.46. The highest BCUT2D eigenvalue weighted by Gasteiger charge is 2.30. The molecule has 1 saturated carbocycles. The molecule has 12 nitrogen and oxygen atoms in total. The van der Waals surface area contributed by atoms with Crippen LogP contribution in [0.3, 0.4) is 0 Å². The van der Waals surface area contributed by atoms with Crippen molar-refractivity contribution in [1.29, 1.82) is 0 Å². The number of hydrogen-bond donors (Lipinski definition) is 1. The summed E-state index contributed by atoms with van der Waals surface area (Å²) in [4.78, 5) is 20.8. The molecule has 0 saturated heterocycles. The Morgan fingerprint density at radius 1 is 1.15 bits per heavy atom. The Hall–Kier alpha value is -4.19. The van der Waals surface area contributed by atoms with Crippen molar-refractivity contribution in [3.05, 3.63) is 54.1 Å². The zero-order valence-electron chi connectivity index (χ0n) is 17.7. The van der Waals surface area contributed by atoms with Crippen LogP contribution in [0.25, 0.3) is 22.7 Å². The number of rotatable bonds is 7. The van der Waals surface area contributed by atoms with Crippen molar-refractivity contribution in [2.24, 2.45) is 5.92 Å². The molecule has 0 unspecified atom stereocenters. The summed E-state index contributed by atoms with van der Waals surface area (Å²) in [5.41, 5.74) is 2.90. The number of nitrogens with one attached hydrogen (secondary N) is 1. The zero-order chi connectivity index (χ0) is 22.4. The van der Waals surface area contributed by atoms with Crippen molar-refractivity contribution in [1.82, 2.24) is 39.3 Å². The first-order chi connectivity index (χ1) is 16.2. The number of carbonyl (C=O) groups excluding carboxylic acids is 1. The molecule has 5 aromatic heterocycles. The number of pyridine rings is 1. The average Bonchev–Trinajstić information content (AvgIpc) is 3.25. The van der Waals surface area contributed by atoms with E-state index in [1.54, 1.807) is 17.8 Å². The van der Waals surface area contributed by atoms with Gasteiger partial charge in [0.15, 0.2) is 17.1 Å². The van der Waals surface area contributed by atoms with Crippen LogP contribution in [0, 0.1) is 5.92 Å². The Balaban J connectivity index is 1.26. The number of fused-ring (bicyclic) bond motifs is 2. The van der Waals surface area contributed by atoms with Crippen LogP contribution in [0.2, 0.25) is 0 Å². The molecule has 166 valence electrons. The molecule has 5 aromatic rings. The molecule has 1 aliphatic carbocycles. The lowest BCUT2D eigenvalue weighted by molar-refractivity contribution is -0.117. The molecule has 0 aromatic carbocycles. The van der Waals surface area contributed by atoms with Gasteiger partial charge in [-0.2, -0.15) is 10.1 Å². The van der Waals surface area contributed by atoms with E-state index in [9.17, 15) is 4.79 Å². The molecule has 1 amide bonds. The highest BCUT2D eigenvalue weighted by atomic mass is 16.5. The van der Waals surface area contributed by atoms with E-state index in [2.05, 4.69) is 35.7 Å². The lowest BCUT2D eigenvalue weighted by Crippen LogP contribution is -2.13. The minimum Gasteiger partial charge on any atom is -0.375 e. The van der Waals surface area contributed by atoms with Crippen LogP contribution >= 0.6 is 0 Å². The number of carbonyl (C=O) groups is 1. The third-order valence-corrected chi connectivity index (χ3v) is 5.38. The molecule has 0 aliphatic heterocycles. The van der Waals surface area contributed by atoms with Crippen molar-refractivity contribution < 1.29 is 14.1 Å². The van der Waals surface area contributed by atoms with Crippen LogP contribution in [0.1, 0.15) is 30.3 Å². The van der Waals surface area contributed by atoms with Crippen molar-refractivity contribution in [2.45, 2.75) is 25.9 Å². The van der Waals surface area contributed by atoms with Crippen molar-refractivity contribution in [3.8, 4) is 11.4 Å². The normalized spacial score (nSPS) is 13.7. The SMILES string of the molecule is COCc1nc(-c2ccc3nnc(Cc4ccc5nc(NC(=O)C6CC6)cn5n4)n3c2)no1. The molecule has 0 radical (unpaired) electrons. The molecule has 1 fully saturated rings. The fourth-order valence-electron chi connectivity index (χ4n) is 3.56. The maximum absolute atomic E-state index is 12.0. The number of aromatic nitrogens is 8. The van der Waals surface area contributed by atoms with E-state index >= 15 is 0 Å². The number of hydrogen-bond acceptors (Lipinski definition) is 9. The van der Waals surface area contributed by atoms with Gasteiger partial charge in [0.25, 0.3) is 5.89 Å². The first-order valence-electron chi connectivity index (χ1n) is 10.5. The third kappa shape index (κ3) is 3.80. The fraction of sp³-hybridized carbons (Fsp3) is 0.286. The molecule has 6 rings (SSSR count). The van der Waals surface area contributed by atoms with Gasteiger partial charge in [-0.25, -0.2) is 9.50 Å². The van der Waals surface area contributed by atoms with E-state index < -0.39 is 0 Å². The maximum atomic E-state index is 12.0. The fourth-order valence-corrected chi connectivity index (χ4v) is 3.56.